The summed E-state index contributed by atoms with van der Waals surface area (Å²) in [5.41, 5.74) is 1.42. The standard InChI is InChI=1S/C15H14Cl2FN/c1-2-15(13-5-3-4-6-14(13)18)19-12-8-10(16)7-11(17)9-12/h3-9,15,19H,2H2,1H3. The monoisotopic (exact) mass is 297 g/mol. The molecule has 2 rings (SSSR count). The first-order chi connectivity index (χ1) is 9.10. The largest absolute Gasteiger partial charge is 0.378 e. The summed E-state index contributed by atoms with van der Waals surface area (Å²) in [6.07, 6.45) is 0.755. The van der Waals surface area contributed by atoms with Crippen molar-refractivity contribution < 1.29 is 4.39 Å². The molecule has 0 amide bonds. The maximum absolute atomic E-state index is 13.8. The number of hydrogen-bond donors (Lipinski definition) is 1. The van der Waals surface area contributed by atoms with Crippen molar-refractivity contribution >= 4 is 28.9 Å². The topological polar surface area (TPSA) is 12.0 Å². The van der Waals surface area contributed by atoms with Gasteiger partial charge < -0.3 is 5.32 Å². The van der Waals surface area contributed by atoms with E-state index < -0.39 is 0 Å². The van der Waals surface area contributed by atoms with Crippen LogP contribution in [0.1, 0.15) is 24.9 Å². The van der Waals surface area contributed by atoms with Gasteiger partial charge in [0.25, 0.3) is 0 Å². The van der Waals surface area contributed by atoms with Gasteiger partial charge in [0.15, 0.2) is 0 Å². The Bertz CT molecular complexity index is 552. The molecule has 1 atom stereocenters. The maximum Gasteiger partial charge on any atom is 0.128 e. The molecule has 0 heterocycles. The van der Waals surface area contributed by atoms with Crippen molar-refractivity contribution in [2.75, 3.05) is 5.32 Å². The van der Waals surface area contributed by atoms with Crippen molar-refractivity contribution in [3.63, 3.8) is 0 Å². The molecule has 0 fully saturated rings. The van der Waals surface area contributed by atoms with Crippen LogP contribution in [-0.4, -0.2) is 0 Å². The van der Waals surface area contributed by atoms with Crippen molar-refractivity contribution in [3.05, 3.63) is 63.9 Å². The first kappa shape index (κ1) is 14.2. The van der Waals surface area contributed by atoms with Crippen LogP contribution in [0, 0.1) is 5.82 Å². The fraction of sp³-hybridized carbons (Fsp3) is 0.200. The van der Waals surface area contributed by atoms with Gasteiger partial charge in [0.05, 0.1) is 6.04 Å². The predicted octanol–water partition coefficient (Wildman–Crippen LogP) is 5.70. The quantitative estimate of drug-likeness (QED) is 0.764. The normalized spacial score (nSPS) is 12.2. The Balaban J connectivity index is 2.26. The summed E-state index contributed by atoms with van der Waals surface area (Å²) in [5.74, 6) is -0.213. The minimum atomic E-state index is -0.213. The minimum Gasteiger partial charge on any atom is -0.378 e. The van der Waals surface area contributed by atoms with E-state index in [0.29, 0.717) is 15.6 Å². The summed E-state index contributed by atoms with van der Waals surface area (Å²) in [7, 11) is 0. The lowest BCUT2D eigenvalue weighted by molar-refractivity contribution is 0.587. The summed E-state index contributed by atoms with van der Waals surface area (Å²) < 4.78 is 13.8. The van der Waals surface area contributed by atoms with E-state index in [1.807, 2.05) is 13.0 Å². The van der Waals surface area contributed by atoms with E-state index in [2.05, 4.69) is 5.32 Å². The van der Waals surface area contributed by atoms with Crippen LogP contribution >= 0.6 is 23.2 Å². The van der Waals surface area contributed by atoms with Gasteiger partial charge in [-0.25, -0.2) is 4.39 Å². The molecule has 1 N–H and O–H groups in total. The molecule has 0 saturated carbocycles. The first-order valence-corrected chi connectivity index (χ1v) is 6.82. The van der Waals surface area contributed by atoms with Crippen molar-refractivity contribution in [2.24, 2.45) is 0 Å². The second-order valence-corrected chi connectivity index (χ2v) is 5.16. The van der Waals surface area contributed by atoms with Gasteiger partial charge in [-0.1, -0.05) is 48.3 Å². The lowest BCUT2D eigenvalue weighted by Gasteiger charge is -2.19. The molecule has 0 radical (unpaired) electrons. The molecule has 0 saturated heterocycles. The molecule has 1 nitrogen and oxygen atoms in total. The number of benzene rings is 2. The van der Waals surface area contributed by atoms with Crippen LogP contribution in [0.3, 0.4) is 0 Å². The molecule has 19 heavy (non-hydrogen) atoms. The summed E-state index contributed by atoms with van der Waals surface area (Å²) in [4.78, 5) is 0. The SMILES string of the molecule is CCC(Nc1cc(Cl)cc(Cl)c1)c1ccccc1F. The lowest BCUT2D eigenvalue weighted by Crippen LogP contribution is -2.11. The van der Waals surface area contributed by atoms with Gasteiger partial charge in [0, 0.05) is 21.3 Å². The molecule has 0 aliphatic carbocycles. The van der Waals surface area contributed by atoms with Gasteiger partial charge >= 0.3 is 0 Å². The average molecular weight is 298 g/mol. The highest BCUT2D eigenvalue weighted by molar-refractivity contribution is 6.35. The highest BCUT2D eigenvalue weighted by Gasteiger charge is 2.13. The minimum absolute atomic E-state index is 0.115. The van der Waals surface area contributed by atoms with Gasteiger partial charge in [0.1, 0.15) is 5.82 Å². The number of rotatable bonds is 4. The first-order valence-electron chi connectivity index (χ1n) is 6.07. The van der Waals surface area contributed by atoms with E-state index in [9.17, 15) is 4.39 Å². The van der Waals surface area contributed by atoms with Crippen molar-refractivity contribution in [2.45, 2.75) is 19.4 Å². The Labute approximate surface area is 122 Å². The van der Waals surface area contributed by atoms with E-state index in [1.165, 1.54) is 6.07 Å². The molecule has 0 aliphatic heterocycles. The van der Waals surface area contributed by atoms with Crippen molar-refractivity contribution in [1.29, 1.82) is 0 Å². The van der Waals surface area contributed by atoms with Gasteiger partial charge in [-0.2, -0.15) is 0 Å². The Morgan fingerprint density at radius 2 is 1.74 bits per heavy atom. The highest BCUT2D eigenvalue weighted by Crippen LogP contribution is 2.28. The molecule has 1 unspecified atom stereocenters. The fourth-order valence-electron chi connectivity index (χ4n) is 2.00. The van der Waals surface area contributed by atoms with Crippen LogP contribution in [0.4, 0.5) is 10.1 Å². The van der Waals surface area contributed by atoms with E-state index in [-0.39, 0.29) is 11.9 Å². The molecule has 0 bridgehead atoms. The molecule has 4 heteroatoms. The summed E-state index contributed by atoms with van der Waals surface area (Å²) >= 11 is 11.9. The van der Waals surface area contributed by atoms with Gasteiger partial charge in [-0.3, -0.25) is 0 Å². The van der Waals surface area contributed by atoms with Gasteiger partial charge in [-0.15, -0.1) is 0 Å². The third-order valence-corrected chi connectivity index (χ3v) is 3.33. The van der Waals surface area contributed by atoms with Crippen molar-refractivity contribution in [3.8, 4) is 0 Å². The summed E-state index contributed by atoms with van der Waals surface area (Å²) in [5, 5.41) is 4.37. The lowest BCUT2D eigenvalue weighted by atomic mass is 10.0. The zero-order chi connectivity index (χ0) is 13.8. The Morgan fingerprint density at radius 1 is 1.11 bits per heavy atom. The van der Waals surface area contributed by atoms with Crippen LogP contribution in [0.2, 0.25) is 10.0 Å². The zero-order valence-corrected chi connectivity index (χ0v) is 12.0. The van der Waals surface area contributed by atoms with E-state index in [4.69, 9.17) is 23.2 Å². The molecular weight excluding hydrogens is 284 g/mol. The number of nitrogens with one attached hydrogen (secondary N) is 1. The van der Waals surface area contributed by atoms with Crippen LogP contribution in [0.15, 0.2) is 42.5 Å². The van der Waals surface area contributed by atoms with Crippen LogP contribution in [0.25, 0.3) is 0 Å². The predicted molar refractivity (Wildman–Crippen MR) is 79.5 cm³/mol. The maximum atomic E-state index is 13.8. The molecule has 0 aliphatic rings. The molecule has 100 valence electrons. The molecule has 0 aromatic heterocycles. The Morgan fingerprint density at radius 3 is 2.32 bits per heavy atom. The second-order valence-electron chi connectivity index (χ2n) is 4.28. The van der Waals surface area contributed by atoms with Gasteiger partial charge in [0.2, 0.25) is 0 Å². The fourth-order valence-corrected chi connectivity index (χ4v) is 2.52. The molecule has 0 spiro atoms. The third kappa shape index (κ3) is 3.62. The van der Waals surface area contributed by atoms with E-state index in [1.54, 1.807) is 30.3 Å². The summed E-state index contributed by atoms with van der Waals surface area (Å²) in [6.45, 7) is 2.00. The van der Waals surface area contributed by atoms with E-state index in [0.717, 1.165) is 12.1 Å². The van der Waals surface area contributed by atoms with Crippen LogP contribution in [0.5, 0.6) is 0 Å². The molecule has 2 aromatic carbocycles. The Hall–Kier alpha value is -1.25. The summed E-state index contributed by atoms with van der Waals surface area (Å²) in [6, 6.07) is 11.9. The van der Waals surface area contributed by atoms with E-state index >= 15 is 0 Å². The van der Waals surface area contributed by atoms with Crippen molar-refractivity contribution in [1.82, 2.24) is 0 Å². The third-order valence-electron chi connectivity index (χ3n) is 2.89. The molecule has 2 aromatic rings. The smallest absolute Gasteiger partial charge is 0.128 e. The Kier molecular flexibility index (Phi) is 4.67. The van der Waals surface area contributed by atoms with Crippen LogP contribution < -0.4 is 5.32 Å². The number of halogens is 3. The number of anilines is 1. The average Bonchev–Trinajstić information content (AvgIpc) is 2.36. The highest BCUT2D eigenvalue weighted by atomic mass is 35.5. The zero-order valence-electron chi connectivity index (χ0n) is 10.5. The number of hydrogen-bond acceptors (Lipinski definition) is 1. The van der Waals surface area contributed by atoms with Crippen LogP contribution in [-0.2, 0) is 0 Å². The second kappa shape index (κ2) is 6.27. The van der Waals surface area contributed by atoms with Gasteiger partial charge in [-0.05, 0) is 30.7 Å². The molecular formula is C15H14Cl2FN.